The van der Waals surface area contributed by atoms with Crippen molar-refractivity contribution in [2.45, 2.75) is 36.0 Å². The average Bonchev–Trinajstić information content (AvgIpc) is 3.50. The van der Waals surface area contributed by atoms with Crippen molar-refractivity contribution in [2.24, 2.45) is 11.0 Å². The lowest BCUT2D eigenvalue weighted by Gasteiger charge is -2.37. The summed E-state index contributed by atoms with van der Waals surface area (Å²) in [7, 11) is 0. The molecule has 0 fully saturated rings. The number of nitrogens with zero attached hydrogens (tertiary/aromatic N) is 1. The summed E-state index contributed by atoms with van der Waals surface area (Å²) in [5, 5.41) is 8.96. The molecule has 0 bridgehead atoms. The van der Waals surface area contributed by atoms with E-state index in [-0.39, 0.29) is 11.9 Å². The second-order valence-corrected chi connectivity index (χ2v) is 11.8. The van der Waals surface area contributed by atoms with E-state index in [0.717, 1.165) is 44.6 Å². The molecular formula is C34H30ClN3OS. The van der Waals surface area contributed by atoms with E-state index in [0.29, 0.717) is 17.4 Å². The fraction of sp³-hybridized carbons (Fsp3) is 0.176. The van der Waals surface area contributed by atoms with Gasteiger partial charge in [-0.2, -0.15) is 5.10 Å². The Kier molecular flexibility index (Phi) is 7.76. The highest BCUT2D eigenvalue weighted by molar-refractivity contribution is 7.98. The zero-order chi connectivity index (χ0) is 27.5. The normalized spacial score (nSPS) is 19.4. The molecule has 3 atom stereocenters. The van der Waals surface area contributed by atoms with E-state index in [1.54, 1.807) is 11.8 Å². The summed E-state index contributed by atoms with van der Waals surface area (Å²) in [5.41, 5.74) is 10.0. The maximum atomic E-state index is 12.8. The molecule has 0 saturated carbocycles. The van der Waals surface area contributed by atoms with Crippen LogP contribution in [0.2, 0.25) is 5.02 Å². The number of hydrazone groups is 1. The minimum atomic E-state index is -0.222. The molecule has 2 aliphatic rings. The Labute approximate surface area is 244 Å². The van der Waals surface area contributed by atoms with Gasteiger partial charge in [-0.15, -0.1) is 11.8 Å². The van der Waals surface area contributed by atoms with Gasteiger partial charge in [-0.3, -0.25) is 4.79 Å². The molecule has 0 unspecified atom stereocenters. The Balaban J connectivity index is 1.11. The molecule has 4 aromatic rings. The van der Waals surface area contributed by atoms with Crippen LogP contribution in [0.5, 0.6) is 0 Å². The zero-order valence-electron chi connectivity index (χ0n) is 22.2. The van der Waals surface area contributed by atoms with Crippen LogP contribution < -0.4 is 10.7 Å². The van der Waals surface area contributed by atoms with Gasteiger partial charge >= 0.3 is 0 Å². The fourth-order valence-corrected chi connectivity index (χ4v) is 6.50. The van der Waals surface area contributed by atoms with Crippen LogP contribution in [0.4, 0.5) is 5.69 Å². The van der Waals surface area contributed by atoms with Gasteiger partial charge in [0, 0.05) is 32.8 Å². The summed E-state index contributed by atoms with van der Waals surface area (Å²) in [5.74, 6) is 1.44. The molecule has 0 spiro atoms. The molecule has 40 heavy (non-hydrogen) atoms. The average molecular weight is 564 g/mol. The number of carbonyl (C=O) groups is 1. The molecule has 6 heteroatoms. The number of halogens is 1. The van der Waals surface area contributed by atoms with Crippen LogP contribution in [0.1, 0.15) is 57.9 Å². The largest absolute Gasteiger partial charge is 0.378 e. The van der Waals surface area contributed by atoms with Crippen molar-refractivity contribution >= 4 is 40.7 Å². The lowest BCUT2D eigenvalue weighted by molar-refractivity contribution is 0.0955. The van der Waals surface area contributed by atoms with Crippen molar-refractivity contribution in [3.05, 3.63) is 142 Å². The number of rotatable bonds is 7. The molecule has 6 rings (SSSR count). The highest BCUT2D eigenvalue weighted by Crippen LogP contribution is 2.49. The summed E-state index contributed by atoms with van der Waals surface area (Å²) >= 11 is 7.70. The van der Waals surface area contributed by atoms with Crippen molar-refractivity contribution in [1.29, 1.82) is 0 Å². The summed E-state index contributed by atoms with van der Waals surface area (Å²) in [6.07, 6.45) is 5.70. The first-order valence-corrected chi connectivity index (χ1v) is 14.9. The van der Waals surface area contributed by atoms with Crippen molar-refractivity contribution in [2.75, 3.05) is 5.32 Å². The third-order valence-electron chi connectivity index (χ3n) is 7.70. The third-order valence-corrected chi connectivity index (χ3v) is 9.03. The molecule has 0 radical (unpaired) electrons. The second kappa shape index (κ2) is 11.7. The maximum Gasteiger partial charge on any atom is 0.271 e. The fourth-order valence-electron chi connectivity index (χ4n) is 5.52. The number of hydrogen-bond acceptors (Lipinski definition) is 4. The molecule has 200 valence electrons. The number of thioether (sulfide) groups is 1. The molecule has 1 amide bonds. The van der Waals surface area contributed by atoms with E-state index in [1.165, 1.54) is 11.1 Å². The lowest BCUT2D eigenvalue weighted by atomic mass is 9.76. The first kappa shape index (κ1) is 26.4. The number of hydrogen-bond donors (Lipinski definition) is 2. The Morgan fingerprint density at radius 3 is 2.50 bits per heavy atom. The van der Waals surface area contributed by atoms with Crippen LogP contribution in [0.25, 0.3) is 0 Å². The number of anilines is 1. The summed E-state index contributed by atoms with van der Waals surface area (Å²) < 4.78 is 0. The van der Waals surface area contributed by atoms with Crippen LogP contribution in [0.3, 0.4) is 0 Å². The van der Waals surface area contributed by atoms with Crippen molar-refractivity contribution in [3.8, 4) is 0 Å². The number of allylic oxidation sites excluding steroid dienone is 2. The number of amides is 1. The van der Waals surface area contributed by atoms with Gasteiger partial charge in [0.1, 0.15) is 0 Å². The van der Waals surface area contributed by atoms with E-state index in [2.05, 4.69) is 76.5 Å². The van der Waals surface area contributed by atoms with E-state index in [9.17, 15) is 4.79 Å². The smallest absolute Gasteiger partial charge is 0.271 e. The highest BCUT2D eigenvalue weighted by Gasteiger charge is 2.37. The number of nitrogens with one attached hydrogen (secondary N) is 2. The minimum absolute atomic E-state index is 0.222. The van der Waals surface area contributed by atoms with Crippen LogP contribution >= 0.6 is 23.4 Å². The van der Waals surface area contributed by atoms with Gasteiger partial charge in [0.05, 0.1) is 11.8 Å². The molecule has 1 aliphatic carbocycles. The van der Waals surface area contributed by atoms with Gasteiger partial charge in [-0.1, -0.05) is 72.3 Å². The van der Waals surface area contributed by atoms with Crippen LogP contribution in [0.15, 0.2) is 119 Å². The molecule has 4 nitrogen and oxygen atoms in total. The van der Waals surface area contributed by atoms with E-state index >= 15 is 0 Å². The van der Waals surface area contributed by atoms with E-state index < -0.39 is 0 Å². The van der Waals surface area contributed by atoms with E-state index in [1.807, 2.05) is 55.5 Å². The minimum Gasteiger partial charge on any atom is -0.378 e. The standard InChI is InChI=1S/C34H30ClN3OS/c1-22(37-38-34(39)25-12-10-23(11-13-25)21-40-28-17-15-27(35)16-18-28)26-14-19-32-31(20-26)29-8-5-9-30(29)33(36-32)24-6-3-2-4-7-24/h2-8,10-20,29-30,33,36H,9,21H2,1H3,(H,38,39)/b37-22+/t29-,30+,33+/m1/s1. The lowest BCUT2D eigenvalue weighted by Crippen LogP contribution is -2.29. The Bertz CT molecular complexity index is 1570. The third kappa shape index (κ3) is 5.72. The van der Waals surface area contributed by atoms with Crippen molar-refractivity contribution in [3.63, 3.8) is 0 Å². The maximum absolute atomic E-state index is 12.8. The zero-order valence-corrected chi connectivity index (χ0v) is 23.8. The molecular weight excluding hydrogens is 534 g/mol. The van der Waals surface area contributed by atoms with Gasteiger partial charge in [0.15, 0.2) is 0 Å². The van der Waals surface area contributed by atoms with Crippen LogP contribution in [-0.2, 0) is 5.75 Å². The van der Waals surface area contributed by atoms with Gasteiger partial charge in [0.2, 0.25) is 0 Å². The number of benzene rings is 4. The molecule has 4 aromatic carbocycles. The molecule has 2 N–H and O–H groups in total. The predicted octanol–water partition coefficient (Wildman–Crippen LogP) is 8.61. The van der Waals surface area contributed by atoms with Crippen LogP contribution in [-0.4, -0.2) is 11.6 Å². The summed E-state index contributed by atoms with van der Waals surface area (Å²) in [6, 6.07) is 32.9. The second-order valence-electron chi connectivity index (χ2n) is 10.3. The summed E-state index contributed by atoms with van der Waals surface area (Å²) in [6.45, 7) is 1.93. The highest BCUT2D eigenvalue weighted by atomic mass is 35.5. The predicted molar refractivity (Wildman–Crippen MR) is 166 cm³/mol. The quantitative estimate of drug-likeness (QED) is 0.102. The number of carbonyl (C=O) groups excluding carboxylic acids is 1. The SMILES string of the molecule is C/C(=N\NC(=O)c1ccc(CSc2ccc(Cl)cc2)cc1)c1ccc2c(c1)[C@@H]1C=CC[C@@H]1[C@H](c1ccccc1)N2. The Morgan fingerprint density at radius 2 is 1.73 bits per heavy atom. The Hall–Kier alpha value is -3.80. The molecule has 1 aliphatic heterocycles. The monoisotopic (exact) mass is 563 g/mol. The number of fused-ring (bicyclic) bond motifs is 3. The van der Waals surface area contributed by atoms with Gasteiger partial charge in [0.25, 0.3) is 5.91 Å². The Morgan fingerprint density at radius 1 is 0.975 bits per heavy atom. The first-order chi connectivity index (χ1) is 19.5. The summed E-state index contributed by atoms with van der Waals surface area (Å²) in [4.78, 5) is 14.0. The van der Waals surface area contributed by atoms with Gasteiger partial charge in [-0.05, 0) is 90.0 Å². The van der Waals surface area contributed by atoms with Gasteiger partial charge in [-0.25, -0.2) is 5.43 Å². The van der Waals surface area contributed by atoms with Crippen molar-refractivity contribution in [1.82, 2.24) is 5.43 Å². The van der Waals surface area contributed by atoms with Gasteiger partial charge < -0.3 is 5.32 Å². The molecule has 0 aromatic heterocycles. The molecule has 0 saturated heterocycles. The van der Waals surface area contributed by atoms with Crippen molar-refractivity contribution < 1.29 is 4.79 Å². The molecule has 1 heterocycles. The van der Waals surface area contributed by atoms with Crippen LogP contribution in [0, 0.1) is 5.92 Å². The topological polar surface area (TPSA) is 53.5 Å². The van der Waals surface area contributed by atoms with E-state index in [4.69, 9.17) is 11.6 Å². The first-order valence-electron chi connectivity index (χ1n) is 13.5.